The van der Waals surface area contributed by atoms with E-state index < -0.39 is 6.09 Å². The number of carbonyl (C=O) groups excluding carboxylic acids is 1. The van der Waals surface area contributed by atoms with Crippen molar-refractivity contribution in [2.24, 2.45) is 0 Å². The van der Waals surface area contributed by atoms with Gasteiger partial charge < -0.3 is 10.1 Å². The maximum Gasteiger partial charge on any atom is 0.413 e. The quantitative estimate of drug-likeness (QED) is 0.578. The van der Waals surface area contributed by atoms with Crippen LogP contribution < -0.4 is 10.6 Å². The second-order valence-electron chi connectivity index (χ2n) is 4.01. The monoisotopic (exact) mass is 244 g/mol. The Morgan fingerprint density at radius 1 is 1.31 bits per heavy atom. The molecule has 0 aromatic carbocycles. The summed E-state index contributed by atoms with van der Waals surface area (Å²) in [5.41, 5.74) is 0. The molecule has 1 aliphatic rings. The maximum absolute atomic E-state index is 11.1. The van der Waals surface area contributed by atoms with Gasteiger partial charge in [-0.25, -0.2) is 4.79 Å². The molecule has 1 fully saturated rings. The minimum atomic E-state index is -0.478. The van der Waals surface area contributed by atoms with Gasteiger partial charge in [-0.05, 0) is 32.0 Å². The highest BCUT2D eigenvalue weighted by Gasteiger charge is 2.14. The smallest absolute Gasteiger partial charge is 0.413 e. The van der Waals surface area contributed by atoms with E-state index in [1.54, 1.807) is 6.92 Å². The third kappa shape index (κ3) is 5.30. The van der Waals surface area contributed by atoms with Crippen LogP contribution in [-0.2, 0) is 4.74 Å². The van der Waals surface area contributed by atoms with Crippen LogP contribution >= 0.6 is 12.2 Å². The molecular weight excluding hydrogens is 224 g/mol. The van der Waals surface area contributed by atoms with Crippen molar-refractivity contribution >= 4 is 23.4 Å². The molecule has 0 atom stereocenters. The van der Waals surface area contributed by atoms with Crippen LogP contribution in [0.2, 0.25) is 0 Å². The first kappa shape index (κ1) is 13.2. The molecule has 1 amide bonds. The molecule has 0 heterocycles. The lowest BCUT2D eigenvalue weighted by molar-refractivity contribution is 0.157. The predicted molar refractivity (Wildman–Crippen MR) is 67.4 cm³/mol. The van der Waals surface area contributed by atoms with Crippen molar-refractivity contribution in [2.45, 2.75) is 51.5 Å². The van der Waals surface area contributed by atoms with E-state index in [0.29, 0.717) is 17.8 Å². The summed E-state index contributed by atoms with van der Waals surface area (Å²) in [6.45, 7) is 2.12. The lowest BCUT2D eigenvalue weighted by atomic mass is 10.1. The standard InChI is InChI=1S/C11H20N2O2S/c1-2-15-11(14)13-10(16)12-9-7-5-3-4-6-8-9/h9H,2-8H2,1H3,(H2,12,13,14,16). The predicted octanol–water partition coefficient (Wildman–Crippen LogP) is 2.33. The number of nitrogens with one attached hydrogen (secondary N) is 2. The molecule has 5 heteroatoms. The maximum atomic E-state index is 11.1. The minimum absolute atomic E-state index is 0.359. The van der Waals surface area contributed by atoms with Crippen LogP contribution in [0.15, 0.2) is 0 Å². The van der Waals surface area contributed by atoms with Crippen LogP contribution in [0.5, 0.6) is 0 Å². The van der Waals surface area contributed by atoms with Crippen molar-refractivity contribution in [3.05, 3.63) is 0 Å². The number of carbonyl (C=O) groups is 1. The summed E-state index contributed by atoms with van der Waals surface area (Å²) in [6.07, 6.45) is 6.86. The Morgan fingerprint density at radius 3 is 2.50 bits per heavy atom. The Labute approximate surface area is 102 Å². The topological polar surface area (TPSA) is 50.4 Å². The Morgan fingerprint density at radius 2 is 1.94 bits per heavy atom. The third-order valence-electron chi connectivity index (χ3n) is 2.68. The first-order valence-corrected chi connectivity index (χ1v) is 6.37. The highest BCUT2D eigenvalue weighted by atomic mass is 32.1. The molecule has 0 aromatic heterocycles. The van der Waals surface area contributed by atoms with Crippen molar-refractivity contribution < 1.29 is 9.53 Å². The van der Waals surface area contributed by atoms with E-state index in [4.69, 9.17) is 17.0 Å². The highest BCUT2D eigenvalue weighted by Crippen LogP contribution is 2.16. The fourth-order valence-corrected chi connectivity index (χ4v) is 2.16. The van der Waals surface area contributed by atoms with Crippen molar-refractivity contribution in [3.8, 4) is 0 Å². The zero-order valence-electron chi connectivity index (χ0n) is 9.75. The zero-order valence-corrected chi connectivity index (χ0v) is 10.6. The third-order valence-corrected chi connectivity index (χ3v) is 2.90. The van der Waals surface area contributed by atoms with E-state index in [1.165, 1.54) is 25.7 Å². The van der Waals surface area contributed by atoms with Gasteiger partial charge in [0.05, 0.1) is 6.61 Å². The molecule has 0 aromatic rings. The molecule has 1 aliphatic carbocycles. The van der Waals surface area contributed by atoms with Crippen molar-refractivity contribution in [2.75, 3.05) is 6.61 Å². The molecule has 0 saturated heterocycles. The van der Waals surface area contributed by atoms with Gasteiger partial charge in [-0.2, -0.15) is 0 Å². The van der Waals surface area contributed by atoms with Gasteiger partial charge in [-0.1, -0.05) is 25.7 Å². The van der Waals surface area contributed by atoms with E-state index in [0.717, 1.165) is 12.8 Å². The number of thiocarbonyl (C=S) groups is 1. The molecule has 2 N–H and O–H groups in total. The van der Waals surface area contributed by atoms with Crippen LogP contribution in [-0.4, -0.2) is 23.9 Å². The molecule has 1 rings (SSSR count). The Bertz CT molecular complexity index is 238. The van der Waals surface area contributed by atoms with E-state index >= 15 is 0 Å². The fraction of sp³-hybridized carbons (Fsp3) is 0.818. The highest BCUT2D eigenvalue weighted by molar-refractivity contribution is 7.80. The molecule has 0 unspecified atom stereocenters. The molecular formula is C11H20N2O2S. The van der Waals surface area contributed by atoms with Crippen LogP contribution in [0.25, 0.3) is 0 Å². The average molecular weight is 244 g/mol. The Kier molecular flexibility index (Phi) is 6.15. The molecule has 4 nitrogen and oxygen atoms in total. The van der Waals surface area contributed by atoms with Crippen LogP contribution in [0, 0.1) is 0 Å². The largest absolute Gasteiger partial charge is 0.450 e. The summed E-state index contributed by atoms with van der Waals surface area (Å²) in [4.78, 5) is 11.1. The summed E-state index contributed by atoms with van der Waals surface area (Å²) in [7, 11) is 0. The summed E-state index contributed by atoms with van der Waals surface area (Å²) >= 11 is 5.05. The van der Waals surface area contributed by atoms with Crippen LogP contribution in [0.1, 0.15) is 45.4 Å². The fourth-order valence-electron chi connectivity index (χ4n) is 1.91. The zero-order chi connectivity index (χ0) is 11.8. The Balaban J connectivity index is 2.24. The van der Waals surface area contributed by atoms with Gasteiger partial charge in [0, 0.05) is 6.04 Å². The van der Waals surface area contributed by atoms with Crippen molar-refractivity contribution in [1.82, 2.24) is 10.6 Å². The lowest BCUT2D eigenvalue weighted by Crippen LogP contribution is -2.44. The Hall–Kier alpha value is -0.840. The van der Waals surface area contributed by atoms with E-state index in [9.17, 15) is 4.79 Å². The van der Waals surface area contributed by atoms with Crippen LogP contribution in [0.3, 0.4) is 0 Å². The molecule has 0 bridgehead atoms. The molecule has 1 saturated carbocycles. The summed E-state index contributed by atoms with van der Waals surface area (Å²) in [5, 5.41) is 6.06. The van der Waals surface area contributed by atoms with Gasteiger partial charge in [0.2, 0.25) is 0 Å². The van der Waals surface area contributed by atoms with Gasteiger partial charge in [0.1, 0.15) is 0 Å². The summed E-state index contributed by atoms with van der Waals surface area (Å²) < 4.78 is 4.75. The second kappa shape index (κ2) is 7.44. The number of hydrogen-bond acceptors (Lipinski definition) is 3. The van der Waals surface area contributed by atoms with Crippen molar-refractivity contribution in [1.29, 1.82) is 0 Å². The van der Waals surface area contributed by atoms with Gasteiger partial charge in [0.25, 0.3) is 0 Å². The number of ether oxygens (including phenoxy) is 1. The number of alkyl carbamates (subject to hydrolysis) is 1. The second-order valence-corrected chi connectivity index (χ2v) is 4.42. The van der Waals surface area contributed by atoms with E-state index in [2.05, 4.69) is 10.6 Å². The average Bonchev–Trinajstić information content (AvgIpc) is 2.46. The van der Waals surface area contributed by atoms with Crippen molar-refractivity contribution in [3.63, 3.8) is 0 Å². The lowest BCUT2D eigenvalue weighted by Gasteiger charge is -2.18. The SMILES string of the molecule is CCOC(=O)NC(=S)NC1CCCCCC1. The summed E-state index contributed by atoms with van der Waals surface area (Å²) in [6, 6.07) is 0.400. The van der Waals surface area contributed by atoms with Gasteiger partial charge in [-0.15, -0.1) is 0 Å². The first-order chi connectivity index (χ1) is 7.72. The first-order valence-electron chi connectivity index (χ1n) is 5.96. The molecule has 0 radical (unpaired) electrons. The van der Waals surface area contributed by atoms with Gasteiger partial charge >= 0.3 is 6.09 Å². The van der Waals surface area contributed by atoms with Crippen LogP contribution in [0.4, 0.5) is 4.79 Å². The molecule has 0 spiro atoms. The van der Waals surface area contributed by atoms with Gasteiger partial charge in [0.15, 0.2) is 5.11 Å². The molecule has 0 aliphatic heterocycles. The summed E-state index contributed by atoms with van der Waals surface area (Å²) in [5.74, 6) is 0. The van der Waals surface area contributed by atoms with Gasteiger partial charge in [-0.3, -0.25) is 5.32 Å². The number of amides is 1. The molecule has 92 valence electrons. The van der Waals surface area contributed by atoms with E-state index in [1.807, 2.05) is 0 Å². The van der Waals surface area contributed by atoms with E-state index in [-0.39, 0.29) is 0 Å². The number of hydrogen-bond donors (Lipinski definition) is 2. The minimum Gasteiger partial charge on any atom is -0.450 e. The molecule has 16 heavy (non-hydrogen) atoms. The normalized spacial score (nSPS) is 17.3. The number of rotatable bonds is 2.